The summed E-state index contributed by atoms with van der Waals surface area (Å²) >= 11 is 0. The van der Waals surface area contributed by atoms with E-state index < -0.39 is 0 Å². The fourth-order valence-corrected chi connectivity index (χ4v) is 3.00. The summed E-state index contributed by atoms with van der Waals surface area (Å²) in [7, 11) is 2.21. The molecule has 1 aromatic rings. The van der Waals surface area contributed by atoms with Crippen molar-refractivity contribution >= 4 is 11.4 Å². The lowest BCUT2D eigenvalue weighted by Gasteiger charge is -2.29. The maximum absolute atomic E-state index is 5.41. The van der Waals surface area contributed by atoms with Gasteiger partial charge in [0, 0.05) is 44.1 Å². The van der Waals surface area contributed by atoms with E-state index in [0.29, 0.717) is 0 Å². The Kier molecular flexibility index (Phi) is 4.43. The molecule has 0 N–H and O–H groups in total. The Labute approximate surface area is 121 Å². The number of nitrogens with zero attached hydrogens (tertiary/aromatic N) is 3. The Hall–Kier alpha value is -1.26. The summed E-state index contributed by atoms with van der Waals surface area (Å²) in [4.78, 5) is 7.33. The molecule has 1 aromatic carbocycles. The number of likely N-dealkylation sites (N-methyl/N-ethyl adjacent to an activating group) is 1. The highest BCUT2D eigenvalue weighted by atomic mass is 16.5. The molecule has 0 aliphatic carbocycles. The first-order valence-electron chi connectivity index (χ1n) is 7.69. The summed E-state index contributed by atoms with van der Waals surface area (Å²) in [6, 6.07) is 9.07. The lowest BCUT2D eigenvalue weighted by molar-refractivity contribution is 0.122. The summed E-state index contributed by atoms with van der Waals surface area (Å²) in [6.07, 6.45) is 1.25. The van der Waals surface area contributed by atoms with Gasteiger partial charge in [0.25, 0.3) is 0 Å². The summed E-state index contributed by atoms with van der Waals surface area (Å²) in [5, 5.41) is 0. The van der Waals surface area contributed by atoms with Crippen molar-refractivity contribution in [1.82, 2.24) is 4.90 Å². The van der Waals surface area contributed by atoms with Crippen molar-refractivity contribution < 1.29 is 4.74 Å². The Morgan fingerprint density at radius 2 is 1.35 bits per heavy atom. The molecule has 3 rings (SSSR count). The largest absolute Gasteiger partial charge is 0.378 e. The molecule has 2 aliphatic rings. The second kappa shape index (κ2) is 6.46. The highest BCUT2D eigenvalue weighted by Gasteiger charge is 2.14. The maximum atomic E-state index is 5.41. The van der Waals surface area contributed by atoms with Crippen LogP contribution in [-0.4, -0.2) is 64.4 Å². The molecule has 0 spiro atoms. The Morgan fingerprint density at radius 3 is 2.00 bits per heavy atom. The zero-order valence-corrected chi connectivity index (χ0v) is 12.4. The van der Waals surface area contributed by atoms with Gasteiger partial charge in [0.2, 0.25) is 0 Å². The number of hydrogen-bond acceptors (Lipinski definition) is 4. The van der Waals surface area contributed by atoms with Crippen LogP contribution >= 0.6 is 0 Å². The van der Waals surface area contributed by atoms with Gasteiger partial charge in [-0.2, -0.15) is 0 Å². The van der Waals surface area contributed by atoms with Crippen LogP contribution in [0.1, 0.15) is 6.42 Å². The van der Waals surface area contributed by atoms with Gasteiger partial charge >= 0.3 is 0 Å². The van der Waals surface area contributed by atoms with Crippen LogP contribution in [0.4, 0.5) is 11.4 Å². The topological polar surface area (TPSA) is 19.0 Å². The number of morpholine rings is 1. The lowest BCUT2D eigenvalue weighted by atomic mass is 10.2. The van der Waals surface area contributed by atoms with Crippen LogP contribution in [0.2, 0.25) is 0 Å². The van der Waals surface area contributed by atoms with Crippen molar-refractivity contribution in [3.05, 3.63) is 24.3 Å². The average molecular weight is 275 g/mol. The highest BCUT2D eigenvalue weighted by molar-refractivity contribution is 5.56. The third-order valence-electron chi connectivity index (χ3n) is 4.31. The van der Waals surface area contributed by atoms with E-state index in [2.05, 4.69) is 46.0 Å². The van der Waals surface area contributed by atoms with Gasteiger partial charge in [0.1, 0.15) is 0 Å². The molecule has 0 bridgehead atoms. The summed E-state index contributed by atoms with van der Waals surface area (Å²) in [5.74, 6) is 0. The van der Waals surface area contributed by atoms with Gasteiger partial charge in [-0.1, -0.05) is 0 Å². The van der Waals surface area contributed by atoms with Crippen LogP contribution in [0.3, 0.4) is 0 Å². The molecule has 0 saturated carbocycles. The van der Waals surface area contributed by atoms with Crippen molar-refractivity contribution in [1.29, 1.82) is 0 Å². The third kappa shape index (κ3) is 3.25. The smallest absolute Gasteiger partial charge is 0.0642 e. The predicted molar refractivity (Wildman–Crippen MR) is 83.8 cm³/mol. The number of ether oxygens (including phenoxy) is 1. The van der Waals surface area contributed by atoms with Crippen LogP contribution < -0.4 is 9.80 Å². The molecule has 0 radical (unpaired) electrons. The van der Waals surface area contributed by atoms with Crippen molar-refractivity contribution in [3.63, 3.8) is 0 Å². The second-order valence-electron chi connectivity index (χ2n) is 5.76. The molecule has 4 nitrogen and oxygen atoms in total. The van der Waals surface area contributed by atoms with E-state index in [-0.39, 0.29) is 0 Å². The first-order valence-corrected chi connectivity index (χ1v) is 7.69. The van der Waals surface area contributed by atoms with E-state index in [9.17, 15) is 0 Å². The zero-order chi connectivity index (χ0) is 13.8. The molecule has 0 atom stereocenters. The Balaban J connectivity index is 1.65. The normalized spacial score (nSPS) is 21.9. The number of benzene rings is 1. The molecule has 110 valence electrons. The van der Waals surface area contributed by atoms with Crippen LogP contribution in [-0.2, 0) is 4.74 Å². The molecule has 2 saturated heterocycles. The average Bonchev–Trinajstić information content (AvgIpc) is 2.73. The molecule has 4 heteroatoms. The first-order chi connectivity index (χ1) is 9.83. The number of hydrogen-bond donors (Lipinski definition) is 0. The van der Waals surface area contributed by atoms with Gasteiger partial charge in [0.15, 0.2) is 0 Å². The SMILES string of the molecule is CN1CCCN(c2ccc(N3CCOCC3)cc2)CC1. The van der Waals surface area contributed by atoms with Gasteiger partial charge in [-0.25, -0.2) is 0 Å². The van der Waals surface area contributed by atoms with Gasteiger partial charge in [-0.3, -0.25) is 0 Å². The minimum Gasteiger partial charge on any atom is -0.378 e. The van der Waals surface area contributed by atoms with Crippen molar-refractivity contribution in [2.45, 2.75) is 6.42 Å². The number of rotatable bonds is 2. The minimum absolute atomic E-state index is 0.847. The quantitative estimate of drug-likeness (QED) is 0.817. The Bertz CT molecular complexity index is 414. The fraction of sp³-hybridized carbons (Fsp3) is 0.625. The molecule has 0 aromatic heterocycles. The standard InChI is InChI=1S/C16H25N3O/c1-17-7-2-8-18(10-9-17)15-3-5-16(6-4-15)19-11-13-20-14-12-19/h3-6H,2,7-14H2,1H3. The van der Waals surface area contributed by atoms with Crippen molar-refractivity contribution in [2.75, 3.05) is 69.3 Å². The molecule has 20 heavy (non-hydrogen) atoms. The van der Waals surface area contributed by atoms with E-state index in [1.54, 1.807) is 0 Å². The molecule has 2 fully saturated rings. The summed E-state index contributed by atoms with van der Waals surface area (Å²) in [6.45, 7) is 8.38. The fourth-order valence-electron chi connectivity index (χ4n) is 3.00. The van der Waals surface area contributed by atoms with Crippen LogP contribution in [0.5, 0.6) is 0 Å². The lowest BCUT2D eigenvalue weighted by Crippen LogP contribution is -2.36. The van der Waals surface area contributed by atoms with Crippen LogP contribution in [0, 0.1) is 0 Å². The first kappa shape index (κ1) is 13.7. The zero-order valence-electron chi connectivity index (χ0n) is 12.4. The summed E-state index contributed by atoms with van der Waals surface area (Å²) in [5.41, 5.74) is 2.68. The third-order valence-corrected chi connectivity index (χ3v) is 4.31. The Morgan fingerprint density at radius 1 is 0.750 bits per heavy atom. The van der Waals surface area contributed by atoms with Gasteiger partial charge in [-0.15, -0.1) is 0 Å². The maximum Gasteiger partial charge on any atom is 0.0642 e. The monoisotopic (exact) mass is 275 g/mol. The van der Waals surface area contributed by atoms with Gasteiger partial charge in [0.05, 0.1) is 13.2 Å². The highest BCUT2D eigenvalue weighted by Crippen LogP contribution is 2.22. The van der Waals surface area contributed by atoms with E-state index in [4.69, 9.17) is 4.74 Å². The predicted octanol–water partition coefficient (Wildman–Crippen LogP) is 1.67. The van der Waals surface area contributed by atoms with E-state index in [1.807, 2.05) is 0 Å². The van der Waals surface area contributed by atoms with Crippen LogP contribution in [0.25, 0.3) is 0 Å². The van der Waals surface area contributed by atoms with Crippen molar-refractivity contribution in [3.8, 4) is 0 Å². The van der Waals surface area contributed by atoms with Crippen molar-refractivity contribution in [2.24, 2.45) is 0 Å². The molecular formula is C16H25N3O. The second-order valence-corrected chi connectivity index (χ2v) is 5.76. The van der Waals surface area contributed by atoms with E-state index in [1.165, 1.54) is 30.9 Å². The number of anilines is 2. The molecular weight excluding hydrogens is 250 g/mol. The molecule has 2 heterocycles. The van der Waals surface area contributed by atoms with E-state index in [0.717, 1.165) is 39.4 Å². The van der Waals surface area contributed by atoms with Gasteiger partial charge < -0.3 is 19.4 Å². The summed E-state index contributed by atoms with van der Waals surface area (Å²) < 4.78 is 5.41. The molecule has 0 unspecified atom stereocenters. The minimum atomic E-state index is 0.847. The molecule has 0 amide bonds. The molecule has 2 aliphatic heterocycles. The van der Waals surface area contributed by atoms with Crippen LogP contribution in [0.15, 0.2) is 24.3 Å². The van der Waals surface area contributed by atoms with Gasteiger partial charge in [-0.05, 0) is 44.3 Å². The van der Waals surface area contributed by atoms with E-state index >= 15 is 0 Å².